The Hall–Kier alpha value is -1.18. The summed E-state index contributed by atoms with van der Waals surface area (Å²) < 4.78 is 0. The lowest BCUT2D eigenvalue weighted by Crippen LogP contribution is -2.09. The van der Waals surface area contributed by atoms with Gasteiger partial charge >= 0.3 is 0 Å². The number of carbonyl (C=O) groups excluding carboxylic acids is 1. The molecule has 0 aliphatic carbocycles. The standard InChI is InChI=1S/C15H23NO/c1-4-6-7-13(5-2)9-15(17)14-8-12(3)10-16-11-14/h8,10-11,13H,4-7,9H2,1-3H3. The zero-order chi connectivity index (χ0) is 12.7. The Labute approximate surface area is 104 Å². The highest BCUT2D eigenvalue weighted by molar-refractivity contribution is 5.96. The second kappa shape index (κ2) is 7.21. The monoisotopic (exact) mass is 233 g/mol. The van der Waals surface area contributed by atoms with Crippen LogP contribution in [0.2, 0.25) is 0 Å². The summed E-state index contributed by atoms with van der Waals surface area (Å²) in [6.45, 7) is 6.33. The molecule has 0 amide bonds. The average Bonchev–Trinajstić information content (AvgIpc) is 2.34. The number of aromatic nitrogens is 1. The Bertz CT molecular complexity index is 360. The first kappa shape index (κ1) is 13.9. The van der Waals surface area contributed by atoms with Crippen molar-refractivity contribution in [1.29, 1.82) is 0 Å². The number of hydrogen-bond donors (Lipinski definition) is 0. The average molecular weight is 233 g/mol. The molecule has 2 nitrogen and oxygen atoms in total. The zero-order valence-electron chi connectivity index (χ0n) is 11.2. The summed E-state index contributed by atoms with van der Waals surface area (Å²) in [6, 6.07) is 1.93. The molecule has 0 bridgehead atoms. The van der Waals surface area contributed by atoms with Gasteiger partial charge in [0, 0.05) is 24.4 Å². The first-order valence-corrected chi connectivity index (χ1v) is 6.62. The van der Waals surface area contributed by atoms with Gasteiger partial charge in [-0.2, -0.15) is 0 Å². The van der Waals surface area contributed by atoms with Crippen molar-refractivity contribution in [2.45, 2.75) is 52.9 Å². The molecule has 0 aliphatic heterocycles. The predicted octanol–water partition coefficient (Wildman–Crippen LogP) is 4.18. The summed E-state index contributed by atoms with van der Waals surface area (Å²) in [6.07, 6.45) is 8.81. The Kier molecular flexibility index (Phi) is 5.88. The van der Waals surface area contributed by atoms with Gasteiger partial charge in [0.25, 0.3) is 0 Å². The van der Waals surface area contributed by atoms with Crippen LogP contribution < -0.4 is 0 Å². The van der Waals surface area contributed by atoms with Crippen LogP contribution in [0.1, 0.15) is 61.9 Å². The zero-order valence-corrected chi connectivity index (χ0v) is 11.2. The van der Waals surface area contributed by atoms with Crippen molar-refractivity contribution < 1.29 is 4.79 Å². The number of hydrogen-bond acceptors (Lipinski definition) is 2. The van der Waals surface area contributed by atoms with E-state index in [2.05, 4.69) is 18.8 Å². The third-order valence-electron chi connectivity index (χ3n) is 3.21. The van der Waals surface area contributed by atoms with E-state index in [0.717, 1.165) is 24.0 Å². The second-order valence-corrected chi connectivity index (χ2v) is 4.79. The predicted molar refractivity (Wildman–Crippen MR) is 71.2 cm³/mol. The van der Waals surface area contributed by atoms with E-state index in [4.69, 9.17) is 0 Å². The summed E-state index contributed by atoms with van der Waals surface area (Å²) in [5, 5.41) is 0. The normalized spacial score (nSPS) is 12.4. The SMILES string of the molecule is CCCCC(CC)CC(=O)c1cncc(C)c1. The molecule has 1 aromatic rings. The molecule has 1 unspecified atom stereocenters. The number of carbonyl (C=O) groups is 1. The fourth-order valence-corrected chi connectivity index (χ4v) is 2.03. The van der Waals surface area contributed by atoms with Crippen LogP contribution in [-0.4, -0.2) is 10.8 Å². The van der Waals surface area contributed by atoms with Crippen molar-refractivity contribution >= 4 is 5.78 Å². The van der Waals surface area contributed by atoms with E-state index < -0.39 is 0 Å². The van der Waals surface area contributed by atoms with E-state index >= 15 is 0 Å². The van der Waals surface area contributed by atoms with Crippen LogP contribution in [0.5, 0.6) is 0 Å². The molecule has 1 heterocycles. The molecule has 1 aromatic heterocycles. The number of pyridine rings is 1. The van der Waals surface area contributed by atoms with Gasteiger partial charge in [0.05, 0.1) is 0 Å². The number of ketones is 1. The molecule has 1 atom stereocenters. The van der Waals surface area contributed by atoms with Crippen LogP contribution >= 0.6 is 0 Å². The maximum atomic E-state index is 12.1. The maximum Gasteiger partial charge on any atom is 0.164 e. The number of aryl methyl sites for hydroxylation is 1. The summed E-state index contributed by atoms with van der Waals surface area (Å²) in [5.41, 5.74) is 1.82. The van der Waals surface area contributed by atoms with Crippen LogP contribution in [0.4, 0.5) is 0 Å². The minimum Gasteiger partial charge on any atom is -0.294 e. The maximum absolute atomic E-state index is 12.1. The van der Waals surface area contributed by atoms with Gasteiger partial charge < -0.3 is 0 Å². The second-order valence-electron chi connectivity index (χ2n) is 4.79. The van der Waals surface area contributed by atoms with Gasteiger partial charge in [0.2, 0.25) is 0 Å². The molecule has 0 aliphatic rings. The molecular weight excluding hydrogens is 210 g/mol. The lowest BCUT2D eigenvalue weighted by atomic mass is 9.92. The molecule has 0 radical (unpaired) electrons. The fraction of sp³-hybridized carbons (Fsp3) is 0.600. The Morgan fingerprint density at radius 3 is 2.71 bits per heavy atom. The third kappa shape index (κ3) is 4.68. The molecule has 94 valence electrons. The Morgan fingerprint density at radius 2 is 2.12 bits per heavy atom. The van der Waals surface area contributed by atoms with Gasteiger partial charge in [-0.1, -0.05) is 39.5 Å². The minimum atomic E-state index is 0.240. The largest absolute Gasteiger partial charge is 0.294 e. The highest BCUT2D eigenvalue weighted by atomic mass is 16.1. The van der Waals surface area contributed by atoms with E-state index in [9.17, 15) is 4.79 Å². The number of rotatable bonds is 7. The molecule has 17 heavy (non-hydrogen) atoms. The molecule has 0 saturated carbocycles. The molecule has 1 rings (SSSR count). The number of unbranched alkanes of at least 4 members (excludes halogenated alkanes) is 1. The summed E-state index contributed by atoms with van der Waals surface area (Å²) in [7, 11) is 0. The van der Waals surface area contributed by atoms with Gasteiger partial charge in [-0.3, -0.25) is 9.78 Å². The highest BCUT2D eigenvalue weighted by Crippen LogP contribution is 2.19. The number of nitrogens with zero attached hydrogens (tertiary/aromatic N) is 1. The molecule has 0 saturated heterocycles. The lowest BCUT2D eigenvalue weighted by molar-refractivity contribution is 0.0956. The smallest absolute Gasteiger partial charge is 0.164 e. The van der Waals surface area contributed by atoms with Gasteiger partial charge in [-0.15, -0.1) is 0 Å². The van der Waals surface area contributed by atoms with Gasteiger partial charge in [-0.05, 0) is 24.5 Å². The van der Waals surface area contributed by atoms with Crippen molar-refractivity contribution in [2.24, 2.45) is 5.92 Å². The van der Waals surface area contributed by atoms with Crippen molar-refractivity contribution in [3.8, 4) is 0 Å². The van der Waals surface area contributed by atoms with Crippen molar-refractivity contribution in [2.75, 3.05) is 0 Å². The minimum absolute atomic E-state index is 0.240. The summed E-state index contributed by atoms with van der Waals surface area (Å²) in [5.74, 6) is 0.770. The lowest BCUT2D eigenvalue weighted by Gasteiger charge is -2.13. The van der Waals surface area contributed by atoms with Crippen molar-refractivity contribution in [3.63, 3.8) is 0 Å². The van der Waals surface area contributed by atoms with E-state index in [1.165, 1.54) is 12.8 Å². The highest BCUT2D eigenvalue weighted by Gasteiger charge is 2.13. The summed E-state index contributed by atoms with van der Waals surface area (Å²) in [4.78, 5) is 16.2. The van der Waals surface area contributed by atoms with Crippen molar-refractivity contribution in [3.05, 3.63) is 29.6 Å². The van der Waals surface area contributed by atoms with Gasteiger partial charge in [0.1, 0.15) is 0 Å². The fourth-order valence-electron chi connectivity index (χ4n) is 2.03. The molecule has 0 N–H and O–H groups in total. The van der Waals surface area contributed by atoms with Crippen LogP contribution in [-0.2, 0) is 0 Å². The molecule has 2 heteroatoms. The van der Waals surface area contributed by atoms with Gasteiger partial charge in [0.15, 0.2) is 5.78 Å². The quantitative estimate of drug-likeness (QED) is 0.661. The first-order valence-electron chi connectivity index (χ1n) is 6.62. The molecule has 0 aromatic carbocycles. The van der Waals surface area contributed by atoms with Crippen LogP contribution in [0.15, 0.2) is 18.5 Å². The number of Topliss-reactive ketones (excluding diaryl/α,β-unsaturated/α-hetero) is 1. The van der Waals surface area contributed by atoms with Crippen LogP contribution in [0, 0.1) is 12.8 Å². The van der Waals surface area contributed by atoms with E-state index in [0.29, 0.717) is 12.3 Å². The van der Waals surface area contributed by atoms with E-state index in [1.54, 1.807) is 12.4 Å². The van der Waals surface area contributed by atoms with Crippen molar-refractivity contribution in [1.82, 2.24) is 4.98 Å². The molecule has 0 spiro atoms. The Balaban J connectivity index is 2.58. The van der Waals surface area contributed by atoms with E-state index in [1.807, 2.05) is 13.0 Å². The molecule has 0 fully saturated rings. The first-order chi connectivity index (χ1) is 8.17. The molecular formula is C15H23NO. The van der Waals surface area contributed by atoms with Crippen LogP contribution in [0.3, 0.4) is 0 Å². The Morgan fingerprint density at radius 1 is 1.35 bits per heavy atom. The third-order valence-corrected chi connectivity index (χ3v) is 3.21. The topological polar surface area (TPSA) is 30.0 Å². The summed E-state index contributed by atoms with van der Waals surface area (Å²) >= 11 is 0. The van der Waals surface area contributed by atoms with Crippen LogP contribution in [0.25, 0.3) is 0 Å². The van der Waals surface area contributed by atoms with Gasteiger partial charge in [-0.25, -0.2) is 0 Å². The van der Waals surface area contributed by atoms with E-state index in [-0.39, 0.29) is 5.78 Å².